The predicted molar refractivity (Wildman–Crippen MR) is 76.7 cm³/mol. The van der Waals surface area contributed by atoms with Crippen LogP contribution in [0.25, 0.3) is 0 Å². The first-order valence-corrected chi connectivity index (χ1v) is 8.13. The molecule has 0 aromatic rings. The minimum absolute atomic E-state index is 0.804. The van der Waals surface area contributed by atoms with Gasteiger partial charge in [0.1, 0.15) is 0 Å². The first kappa shape index (κ1) is 12.9. The summed E-state index contributed by atoms with van der Waals surface area (Å²) < 4.78 is 0. The summed E-state index contributed by atoms with van der Waals surface area (Å²) in [7, 11) is 0. The maximum atomic E-state index is 2.85. The van der Waals surface area contributed by atoms with E-state index in [1.807, 2.05) is 0 Å². The molecule has 1 saturated carbocycles. The molecule has 3 atom stereocenters. The van der Waals surface area contributed by atoms with E-state index in [4.69, 9.17) is 0 Å². The van der Waals surface area contributed by atoms with E-state index in [9.17, 15) is 0 Å². The summed E-state index contributed by atoms with van der Waals surface area (Å²) in [6.07, 6.45) is 5.87. The van der Waals surface area contributed by atoms with Crippen molar-refractivity contribution in [1.29, 1.82) is 0 Å². The molecular formula is C16H30N2. The number of fused-ring (bicyclic) bond motifs is 1. The second-order valence-corrected chi connectivity index (χ2v) is 7.37. The van der Waals surface area contributed by atoms with E-state index in [-0.39, 0.29) is 0 Å². The molecule has 2 nitrogen and oxygen atoms in total. The van der Waals surface area contributed by atoms with Crippen LogP contribution in [-0.4, -0.2) is 48.1 Å². The number of piperazine rings is 1. The fourth-order valence-corrected chi connectivity index (χ4v) is 4.13. The van der Waals surface area contributed by atoms with E-state index in [1.165, 1.54) is 51.9 Å². The molecule has 3 rings (SSSR count). The summed E-state index contributed by atoms with van der Waals surface area (Å²) in [6, 6.07) is 1.69. The molecule has 2 heterocycles. The van der Waals surface area contributed by atoms with Gasteiger partial charge in [0.25, 0.3) is 0 Å². The molecule has 3 aliphatic rings. The molecule has 0 bridgehead atoms. The summed E-state index contributed by atoms with van der Waals surface area (Å²) in [5.41, 5.74) is 0. The van der Waals surface area contributed by atoms with Crippen molar-refractivity contribution in [2.45, 2.75) is 58.5 Å². The molecule has 104 valence electrons. The van der Waals surface area contributed by atoms with Gasteiger partial charge in [-0.15, -0.1) is 0 Å². The molecule has 1 aliphatic carbocycles. The molecule has 18 heavy (non-hydrogen) atoms. The van der Waals surface area contributed by atoms with Crippen molar-refractivity contribution in [2.24, 2.45) is 17.8 Å². The van der Waals surface area contributed by atoms with Crippen molar-refractivity contribution >= 4 is 0 Å². The molecular weight excluding hydrogens is 220 g/mol. The third-order valence-corrected chi connectivity index (χ3v) is 5.55. The van der Waals surface area contributed by atoms with E-state index in [0.29, 0.717) is 0 Å². The zero-order valence-corrected chi connectivity index (χ0v) is 12.4. The molecule has 3 unspecified atom stereocenters. The molecule has 2 heteroatoms. The van der Waals surface area contributed by atoms with Crippen molar-refractivity contribution in [3.8, 4) is 0 Å². The van der Waals surface area contributed by atoms with Gasteiger partial charge < -0.3 is 0 Å². The van der Waals surface area contributed by atoms with Crippen LogP contribution in [0.5, 0.6) is 0 Å². The van der Waals surface area contributed by atoms with Crippen molar-refractivity contribution in [1.82, 2.24) is 9.80 Å². The van der Waals surface area contributed by atoms with Gasteiger partial charge in [0.2, 0.25) is 0 Å². The topological polar surface area (TPSA) is 6.48 Å². The van der Waals surface area contributed by atoms with Gasteiger partial charge in [-0.3, -0.25) is 9.80 Å². The molecule has 0 amide bonds. The highest BCUT2D eigenvalue weighted by Gasteiger charge is 2.39. The van der Waals surface area contributed by atoms with Crippen LogP contribution in [0.1, 0.15) is 46.5 Å². The van der Waals surface area contributed by atoms with Crippen molar-refractivity contribution in [3.63, 3.8) is 0 Å². The highest BCUT2D eigenvalue weighted by atomic mass is 15.3. The Balaban J connectivity index is 1.64. The van der Waals surface area contributed by atoms with Crippen LogP contribution in [0.4, 0.5) is 0 Å². The molecule has 3 fully saturated rings. The Morgan fingerprint density at radius 3 is 2.50 bits per heavy atom. The number of hydrogen-bond acceptors (Lipinski definition) is 2. The average molecular weight is 250 g/mol. The lowest BCUT2D eigenvalue weighted by Crippen LogP contribution is -2.58. The molecule has 2 saturated heterocycles. The fraction of sp³-hybridized carbons (Fsp3) is 1.00. The van der Waals surface area contributed by atoms with Crippen LogP contribution in [0, 0.1) is 17.8 Å². The number of hydrogen-bond donors (Lipinski definition) is 0. The lowest BCUT2D eigenvalue weighted by molar-refractivity contribution is 0.0189. The van der Waals surface area contributed by atoms with E-state index in [0.717, 1.165) is 29.8 Å². The van der Waals surface area contributed by atoms with Crippen LogP contribution < -0.4 is 0 Å². The smallest absolute Gasteiger partial charge is 0.0247 e. The minimum Gasteiger partial charge on any atom is -0.298 e. The van der Waals surface area contributed by atoms with Crippen LogP contribution in [-0.2, 0) is 0 Å². The van der Waals surface area contributed by atoms with Crippen molar-refractivity contribution < 1.29 is 0 Å². The van der Waals surface area contributed by atoms with Crippen LogP contribution >= 0.6 is 0 Å². The summed E-state index contributed by atoms with van der Waals surface area (Å²) >= 11 is 0. The molecule has 2 aliphatic heterocycles. The molecule has 0 N–H and O–H groups in total. The first-order chi connectivity index (χ1) is 8.65. The van der Waals surface area contributed by atoms with E-state index >= 15 is 0 Å². The zero-order chi connectivity index (χ0) is 12.7. The second-order valence-electron chi connectivity index (χ2n) is 7.37. The third-order valence-electron chi connectivity index (χ3n) is 5.55. The normalized spacial score (nSPS) is 36.0. The van der Waals surface area contributed by atoms with Gasteiger partial charge in [0.05, 0.1) is 0 Å². The van der Waals surface area contributed by atoms with Crippen LogP contribution in [0.3, 0.4) is 0 Å². The average Bonchev–Trinajstić information content (AvgIpc) is 3.08. The van der Waals surface area contributed by atoms with Crippen LogP contribution in [0.2, 0.25) is 0 Å². The van der Waals surface area contributed by atoms with Crippen molar-refractivity contribution in [3.05, 3.63) is 0 Å². The van der Waals surface area contributed by atoms with Gasteiger partial charge in [-0.05, 0) is 50.0 Å². The van der Waals surface area contributed by atoms with Crippen LogP contribution in [0.15, 0.2) is 0 Å². The third kappa shape index (κ3) is 2.60. The zero-order valence-electron chi connectivity index (χ0n) is 12.4. The quantitative estimate of drug-likeness (QED) is 0.757. The Hall–Kier alpha value is -0.0800. The van der Waals surface area contributed by atoms with E-state index < -0.39 is 0 Å². The Labute approximate surface area is 113 Å². The highest BCUT2D eigenvalue weighted by molar-refractivity contribution is 4.94. The van der Waals surface area contributed by atoms with E-state index in [1.54, 1.807) is 0 Å². The lowest BCUT2D eigenvalue weighted by Gasteiger charge is -2.46. The fourth-order valence-electron chi connectivity index (χ4n) is 4.13. The Morgan fingerprint density at radius 1 is 1.06 bits per heavy atom. The lowest BCUT2D eigenvalue weighted by atomic mass is 9.95. The van der Waals surface area contributed by atoms with E-state index in [2.05, 4.69) is 30.6 Å². The van der Waals surface area contributed by atoms with Gasteiger partial charge in [0.15, 0.2) is 0 Å². The summed E-state index contributed by atoms with van der Waals surface area (Å²) in [4.78, 5) is 5.61. The molecule has 0 radical (unpaired) electrons. The van der Waals surface area contributed by atoms with Gasteiger partial charge >= 0.3 is 0 Å². The monoisotopic (exact) mass is 250 g/mol. The second kappa shape index (κ2) is 5.13. The largest absolute Gasteiger partial charge is 0.298 e. The summed E-state index contributed by atoms with van der Waals surface area (Å²) in [6.45, 7) is 12.7. The summed E-state index contributed by atoms with van der Waals surface area (Å²) in [5.74, 6) is 2.79. The SMILES string of the molecule is CC(C)C1CN2CCCC2CN1CC(C)C1CC1. The minimum atomic E-state index is 0.804. The predicted octanol–water partition coefficient (Wildman–Crippen LogP) is 2.84. The van der Waals surface area contributed by atoms with Gasteiger partial charge in [0, 0.05) is 31.7 Å². The Morgan fingerprint density at radius 2 is 1.83 bits per heavy atom. The van der Waals surface area contributed by atoms with Crippen molar-refractivity contribution in [2.75, 3.05) is 26.2 Å². The maximum Gasteiger partial charge on any atom is 0.0247 e. The van der Waals surface area contributed by atoms with Gasteiger partial charge in [-0.25, -0.2) is 0 Å². The molecule has 0 aromatic carbocycles. The van der Waals surface area contributed by atoms with Gasteiger partial charge in [-0.1, -0.05) is 20.8 Å². The Kier molecular flexibility index (Phi) is 3.68. The Bertz CT molecular complexity index is 283. The number of rotatable bonds is 4. The number of nitrogens with zero attached hydrogens (tertiary/aromatic N) is 2. The highest BCUT2D eigenvalue weighted by Crippen LogP contribution is 2.38. The standard InChI is InChI=1S/C16H30N2/c1-12(2)16-11-17-8-4-5-15(17)10-18(16)9-13(3)14-6-7-14/h12-16H,4-11H2,1-3H3. The maximum absolute atomic E-state index is 2.85. The molecule has 0 spiro atoms. The first-order valence-electron chi connectivity index (χ1n) is 8.13. The molecule has 0 aromatic heterocycles. The van der Waals surface area contributed by atoms with Gasteiger partial charge in [-0.2, -0.15) is 0 Å². The summed E-state index contributed by atoms with van der Waals surface area (Å²) in [5, 5.41) is 0.